The fourth-order valence-electron chi connectivity index (χ4n) is 2.88. The van der Waals surface area contributed by atoms with Gasteiger partial charge in [-0.3, -0.25) is 9.59 Å². The number of benzene rings is 2. The molecule has 3 rings (SSSR count). The van der Waals surface area contributed by atoms with Crippen molar-refractivity contribution in [1.29, 1.82) is 0 Å². The predicted octanol–water partition coefficient (Wildman–Crippen LogP) is 3.60. The monoisotopic (exact) mass is 365 g/mol. The van der Waals surface area contributed by atoms with Crippen LogP contribution in [-0.4, -0.2) is 22.9 Å². The fraction of sp³-hybridized carbons (Fsp3) is 0.143. The molecule has 0 bridgehead atoms. The molecule has 1 heterocycles. The molecular weight excluding hydrogens is 345 g/mol. The molecule has 27 heavy (non-hydrogen) atoms. The summed E-state index contributed by atoms with van der Waals surface area (Å²) < 4.78 is 15.7. The third kappa shape index (κ3) is 4.23. The molecule has 0 radical (unpaired) electrons. The van der Waals surface area contributed by atoms with Crippen LogP contribution in [0.1, 0.15) is 21.7 Å². The molecule has 0 spiro atoms. The van der Waals surface area contributed by atoms with Gasteiger partial charge in [0.1, 0.15) is 5.82 Å². The molecule has 138 valence electrons. The molecule has 0 aliphatic heterocycles. The highest BCUT2D eigenvalue weighted by atomic mass is 19.1. The minimum absolute atomic E-state index is 0.0906. The number of amides is 2. The maximum Gasteiger partial charge on any atom is 0.254 e. The van der Waals surface area contributed by atoms with Crippen LogP contribution in [0.25, 0.3) is 5.69 Å². The van der Waals surface area contributed by atoms with Gasteiger partial charge in [-0.05, 0) is 62.4 Å². The van der Waals surface area contributed by atoms with Crippen molar-refractivity contribution in [2.45, 2.75) is 13.8 Å². The molecular formula is C21H20FN3O2. The quantitative estimate of drug-likeness (QED) is 0.726. The summed E-state index contributed by atoms with van der Waals surface area (Å²) in [6.45, 7) is 3.81. The molecule has 2 aromatic carbocycles. The van der Waals surface area contributed by atoms with Gasteiger partial charge in [-0.15, -0.1) is 0 Å². The van der Waals surface area contributed by atoms with E-state index in [-0.39, 0.29) is 18.0 Å². The van der Waals surface area contributed by atoms with E-state index in [4.69, 9.17) is 0 Å². The van der Waals surface area contributed by atoms with Crippen LogP contribution in [0.2, 0.25) is 0 Å². The molecule has 2 amide bonds. The predicted molar refractivity (Wildman–Crippen MR) is 103 cm³/mol. The number of nitrogens with one attached hydrogen (secondary N) is 2. The van der Waals surface area contributed by atoms with E-state index in [1.54, 1.807) is 18.2 Å². The fourth-order valence-corrected chi connectivity index (χ4v) is 2.88. The van der Waals surface area contributed by atoms with Crippen molar-refractivity contribution in [3.8, 4) is 5.69 Å². The zero-order valence-corrected chi connectivity index (χ0v) is 15.1. The number of aromatic nitrogens is 1. The lowest BCUT2D eigenvalue weighted by Crippen LogP contribution is -2.33. The molecule has 0 aliphatic carbocycles. The van der Waals surface area contributed by atoms with Crippen LogP contribution < -0.4 is 10.6 Å². The summed E-state index contributed by atoms with van der Waals surface area (Å²) in [5, 5.41) is 5.12. The molecule has 5 nitrogen and oxygen atoms in total. The number of carbonyl (C=O) groups excluding carboxylic acids is 2. The van der Waals surface area contributed by atoms with Crippen LogP contribution >= 0.6 is 0 Å². The van der Waals surface area contributed by atoms with Gasteiger partial charge in [0.25, 0.3) is 5.91 Å². The molecule has 3 aromatic rings. The molecule has 2 N–H and O–H groups in total. The van der Waals surface area contributed by atoms with E-state index in [1.807, 2.05) is 38.1 Å². The van der Waals surface area contributed by atoms with E-state index < -0.39 is 11.7 Å². The lowest BCUT2D eigenvalue weighted by atomic mass is 10.2. The van der Waals surface area contributed by atoms with Gasteiger partial charge in [-0.1, -0.05) is 12.1 Å². The second kappa shape index (κ2) is 7.86. The Bertz CT molecular complexity index is 958. The number of hydrogen-bond acceptors (Lipinski definition) is 2. The van der Waals surface area contributed by atoms with Gasteiger partial charge < -0.3 is 15.2 Å². The van der Waals surface area contributed by atoms with Gasteiger partial charge in [0.2, 0.25) is 5.91 Å². The van der Waals surface area contributed by atoms with Crippen LogP contribution in [0.4, 0.5) is 10.1 Å². The Balaban J connectivity index is 1.58. The topological polar surface area (TPSA) is 63.1 Å². The Labute approximate surface area is 156 Å². The highest BCUT2D eigenvalue weighted by Crippen LogP contribution is 2.18. The van der Waals surface area contributed by atoms with Crippen molar-refractivity contribution in [3.05, 3.63) is 83.4 Å². The largest absolute Gasteiger partial charge is 0.343 e. The number of hydrogen-bond donors (Lipinski definition) is 2. The zero-order chi connectivity index (χ0) is 19.4. The lowest BCUT2D eigenvalue weighted by molar-refractivity contribution is -0.115. The molecule has 6 heteroatoms. The highest BCUT2D eigenvalue weighted by molar-refractivity contribution is 5.99. The Kier molecular flexibility index (Phi) is 5.35. The number of rotatable bonds is 5. The normalized spacial score (nSPS) is 10.5. The van der Waals surface area contributed by atoms with E-state index in [2.05, 4.69) is 15.2 Å². The molecule has 0 atom stereocenters. The standard InChI is InChI=1S/C21H20FN3O2/c1-14-7-8-15(2)25(14)17-11-9-16(10-12-17)24-20(26)13-23-21(27)18-5-3-4-6-19(18)22/h3-12H,13H2,1-2H3,(H,23,27)(H,24,26). The summed E-state index contributed by atoms with van der Waals surface area (Å²) in [5.41, 5.74) is 3.78. The summed E-state index contributed by atoms with van der Waals surface area (Å²) in [6, 6.07) is 17.1. The number of nitrogens with zero attached hydrogens (tertiary/aromatic N) is 1. The van der Waals surface area contributed by atoms with Crippen LogP contribution in [0.3, 0.4) is 0 Å². The molecule has 0 fully saturated rings. The van der Waals surface area contributed by atoms with Crippen molar-refractivity contribution in [2.75, 3.05) is 11.9 Å². The number of halogens is 1. The SMILES string of the molecule is Cc1ccc(C)n1-c1ccc(NC(=O)CNC(=O)c2ccccc2F)cc1. The van der Waals surface area contributed by atoms with E-state index in [0.29, 0.717) is 5.69 Å². The Morgan fingerprint density at radius 2 is 1.56 bits per heavy atom. The minimum Gasteiger partial charge on any atom is -0.343 e. The van der Waals surface area contributed by atoms with E-state index >= 15 is 0 Å². The average molecular weight is 365 g/mol. The molecule has 1 aromatic heterocycles. The van der Waals surface area contributed by atoms with Crippen molar-refractivity contribution in [1.82, 2.24) is 9.88 Å². The lowest BCUT2D eigenvalue weighted by Gasteiger charge is -2.11. The van der Waals surface area contributed by atoms with E-state index in [0.717, 1.165) is 17.1 Å². The van der Waals surface area contributed by atoms with Crippen molar-refractivity contribution < 1.29 is 14.0 Å². The smallest absolute Gasteiger partial charge is 0.254 e. The second-order valence-corrected chi connectivity index (χ2v) is 6.21. The Morgan fingerprint density at radius 3 is 2.19 bits per heavy atom. The summed E-state index contributed by atoms with van der Waals surface area (Å²) in [4.78, 5) is 24.0. The summed E-state index contributed by atoms with van der Waals surface area (Å²) in [7, 11) is 0. The van der Waals surface area contributed by atoms with Crippen molar-refractivity contribution >= 4 is 17.5 Å². The highest BCUT2D eigenvalue weighted by Gasteiger charge is 2.12. The van der Waals surface area contributed by atoms with Crippen LogP contribution in [0.15, 0.2) is 60.7 Å². The number of aryl methyl sites for hydroxylation is 2. The third-order valence-corrected chi connectivity index (χ3v) is 4.21. The third-order valence-electron chi connectivity index (χ3n) is 4.21. The first kappa shape index (κ1) is 18.4. The summed E-state index contributed by atoms with van der Waals surface area (Å²) in [5.74, 6) is -1.64. The van der Waals surface area contributed by atoms with Crippen LogP contribution in [-0.2, 0) is 4.79 Å². The minimum atomic E-state index is -0.628. The summed E-state index contributed by atoms with van der Waals surface area (Å²) in [6.07, 6.45) is 0. The van der Waals surface area contributed by atoms with Gasteiger partial charge in [0.05, 0.1) is 12.1 Å². The van der Waals surface area contributed by atoms with Gasteiger partial charge in [-0.25, -0.2) is 4.39 Å². The number of anilines is 1. The van der Waals surface area contributed by atoms with E-state index in [9.17, 15) is 14.0 Å². The van der Waals surface area contributed by atoms with Crippen molar-refractivity contribution in [3.63, 3.8) is 0 Å². The average Bonchev–Trinajstić information content (AvgIpc) is 2.99. The first-order valence-electron chi connectivity index (χ1n) is 8.53. The number of carbonyl (C=O) groups is 2. The van der Waals surface area contributed by atoms with Gasteiger partial charge in [-0.2, -0.15) is 0 Å². The zero-order valence-electron chi connectivity index (χ0n) is 15.1. The van der Waals surface area contributed by atoms with Crippen LogP contribution in [0, 0.1) is 19.7 Å². The maximum atomic E-state index is 13.6. The van der Waals surface area contributed by atoms with Gasteiger partial charge in [0.15, 0.2) is 0 Å². The van der Waals surface area contributed by atoms with E-state index in [1.165, 1.54) is 18.2 Å². The molecule has 0 saturated heterocycles. The Hall–Kier alpha value is -3.41. The van der Waals surface area contributed by atoms with Gasteiger partial charge >= 0.3 is 0 Å². The molecule has 0 unspecified atom stereocenters. The first-order valence-corrected chi connectivity index (χ1v) is 8.53. The van der Waals surface area contributed by atoms with Crippen LogP contribution in [0.5, 0.6) is 0 Å². The van der Waals surface area contributed by atoms with Gasteiger partial charge in [0, 0.05) is 22.8 Å². The maximum absolute atomic E-state index is 13.6. The first-order chi connectivity index (χ1) is 13.0. The molecule has 0 aliphatic rings. The second-order valence-electron chi connectivity index (χ2n) is 6.21. The van der Waals surface area contributed by atoms with Crippen molar-refractivity contribution in [2.24, 2.45) is 0 Å². The summed E-state index contributed by atoms with van der Waals surface area (Å²) >= 11 is 0. The Morgan fingerprint density at radius 1 is 0.926 bits per heavy atom. The molecule has 0 saturated carbocycles.